The zero-order valence-electron chi connectivity index (χ0n) is 11.9. The lowest BCUT2D eigenvalue weighted by Gasteiger charge is -2.29. The van der Waals surface area contributed by atoms with Crippen LogP contribution in [0.15, 0.2) is 24.3 Å². The van der Waals surface area contributed by atoms with Gasteiger partial charge in [0.2, 0.25) is 0 Å². The van der Waals surface area contributed by atoms with Crippen molar-refractivity contribution < 1.29 is 4.74 Å². The quantitative estimate of drug-likeness (QED) is 0.880. The lowest BCUT2D eigenvalue weighted by Crippen LogP contribution is -2.30. The SMILES string of the molecule is CNCC1CCN(C2CC2)C1c1cccc(OC)c1. The molecule has 1 aliphatic carbocycles. The molecule has 1 saturated carbocycles. The highest BCUT2D eigenvalue weighted by molar-refractivity contribution is 5.32. The van der Waals surface area contributed by atoms with Gasteiger partial charge in [0.1, 0.15) is 5.75 Å². The molecule has 3 rings (SSSR count). The molecule has 0 radical (unpaired) electrons. The number of benzene rings is 1. The van der Waals surface area contributed by atoms with Crippen LogP contribution in [0.1, 0.15) is 30.9 Å². The monoisotopic (exact) mass is 260 g/mol. The van der Waals surface area contributed by atoms with Gasteiger partial charge < -0.3 is 10.1 Å². The number of hydrogen-bond donors (Lipinski definition) is 1. The predicted octanol–water partition coefficient (Wildman–Crippen LogP) is 2.44. The van der Waals surface area contributed by atoms with E-state index in [9.17, 15) is 0 Å². The number of nitrogens with one attached hydrogen (secondary N) is 1. The third-order valence-electron chi connectivity index (χ3n) is 4.48. The second-order valence-corrected chi connectivity index (χ2v) is 5.80. The summed E-state index contributed by atoms with van der Waals surface area (Å²) in [5, 5.41) is 3.36. The maximum atomic E-state index is 5.39. The van der Waals surface area contributed by atoms with E-state index in [1.54, 1.807) is 7.11 Å². The summed E-state index contributed by atoms with van der Waals surface area (Å²) in [5.41, 5.74) is 1.42. The predicted molar refractivity (Wildman–Crippen MR) is 77.5 cm³/mol. The van der Waals surface area contributed by atoms with Crippen LogP contribution in [0, 0.1) is 5.92 Å². The van der Waals surface area contributed by atoms with E-state index in [4.69, 9.17) is 4.74 Å². The standard InChI is InChI=1S/C16H24N2O/c1-17-11-13-8-9-18(14-6-7-14)16(13)12-4-3-5-15(10-12)19-2/h3-5,10,13-14,16-17H,6-9,11H2,1-2H3. The molecule has 1 aliphatic heterocycles. The van der Waals surface area contributed by atoms with Crippen molar-refractivity contribution in [2.45, 2.75) is 31.3 Å². The van der Waals surface area contributed by atoms with Crippen LogP contribution in [0.4, 0.5) is 0 Å². The van der Waals surface area contributed by atoms with Gasteiger partial charge in [0.05, 0.1) is 7.11 Å². The zero-order chi connectivity index (χ0) is 13.2. The molecule has 2 unspecified atom stereocenters. The molecule has 1 N–H and O–H groups in total. The first-order valence-electron chi connectivity index (χ1n) is 7.37. The van der Waals surface area contributed by atoms with Crippen molar-refractivity contribution in [3.05, 3.63) is 29.8 Å². The molecular weight excluding hydrogens is 236 g/mol. The summed E-state index contributed by atoms with van der Waals surface area (Å²) in [6.07, 6.45) is 4.07. The van der Waals surface area contributed by atoms with Gasteiger partial charge in [0.15, 0.2) is 0 Å². The van der Waals surface area contributed by atoms with Gasteiger partial charge in [-0.15, -0.1) is 0 Å². The Kier molecular flexibility index (Phi) is 3.76. The van der Waals surface area contributed by atoms with Crippen molar-refractivity contribution in [1.29, 1.82) is 0 Å². The highest BCUT2D eigenvalue weighted by Crippen LogP contribution is 2.44. The minimum atomic E-state index is 0.565. The van der Waals surface area contributed by atoms with Gasteiger partial charge in [-0.1, -0.05) is 12.1 Å². The first-order chi connectivity index (χ1) is 9.33. The molecule has 3 nitrogen and oxygen atoms in total. The number of nitrogens with zero attached hydrogens (tertiary/aromatic N) is 1. The Morgan fingerprint density at radius 1 is 1.32 bits per heavy atom. The minimum Gasteiger partial charge on any atom is -0.497 e. The molecule has 0 amide bonds. The molecular formula is C16H24N2O. The summed E-state index contributed by atoms with van der Waals surface area (Å²) < 4.78 is 5.39. The van der Waals surface area contributed by atoms with Crippen LogP contribution >= 0.6 is 0 Å². The summed E-state index contributed by atoms with van der Waals surface area (Å²) in [6, 6.07) is 10.0. The molecule has 1 aromatic rings. The second-order valence-electron chi connectivity index (χ2n) is 5.80. The first kappa shape index (κ1) is 12.9. The second kappa shape index (κ2) is 5.51. The summed E-state index contributed by atoms with van der Waals surface area (Å²) in [5.74, 6) is 1.70. The summed E-state index contributed by atoms with van der Waals surface area (Å²) in [4.78, 5) is 2.72. The third-order valence-corrected chi connectivity index (χ3v) is 4.48. The Bertz CT molecular complexity index is 431. The number of likely N-dealkylation sites (tertiary alicyclic amines) is 1. The van der Waals surface area contributed by atoms with E-state index in [0.29, 0.717) is 6.04 Å². The molecule has 104 valence electrons. The van der Waals surface area contributed by atoms with Gasteiger partial charge in [-0.2, -0.15) is 0 Å². The van der Waals surface area contributed by atoms with E-state index in [-0.39, 0.29) is 0 Å². The van der Waals surface area contributed by atoms with Crippen LogP contribution in [0.25, 0.3) is 0 Å². The molecule has 2 aliphatic rings. The molecule has 3 heteroatoms. The molecule has 2 atom stereocenters. The Balaban J connectivity index is 1.87. The van der Waals surface area contributed by atoms with Crippen LogP contribution in [-0.4, -0.2) is 38.2 Å². The molecule has 0 bridgehead atoms. The lowest BCUT2D eigenvalue weighted by molar-refractivity contribution is 0.217. The third kappa shape index (κ3) is 2.63. The van der Waals surface area contributed by atoms with Crippen LogP contribution in [0.5, 0.6) is 5.75 Å². The molecule has 1 aromatic carbocycles. The number of ether oxygens (including phenoxy) is 1. The molecule has 2 fully saturated rings. The highest BCUT2D eigenvalue weighted by Gasteiger charge is 2.42. The Hall–Kier alpha value is -1.06. The van der Waals surface area contributed by atoms with Crippen molar-refractivity contribution in [3.8, 4) is 5.75 Å². The fourth-order valence-electron chi connectivity index (χ4n) is 3.46. The van der Waals surface area contributed by atoms with Crippen molar-refractivity contribution in [1.82, 2.24) is 10.2 Å². The van der Waals surface area contributed by atoms with Gasteiger partial charge in [-0.3, -0.25) is 4.90 Å². The fourth-order valence-corrected chi connectivity index (χ4v) is 3.46. The van der Waals surface area contributed by atoms with Crippen LogP contribution in [0.2, 0.25) is 0 Å². The van der Waals surface area contributed by atoms with Crippen LogP contribution in [-0.2, 0) is 0 Å². The molecule has 0 spiro atoms. The van der Waals surface area contributed by atoms with Gasteiger partial charge in [-0.25, -0.2) is 0 Å². The van der Waals surface area contributed by atoms with E-state index in [2.05, 4.69) is 35.5 Å². The van der Waals surface area contributed by atoms with Crippen molar-refractivity contribution in [2.75, 3.05) is 27.2 Å². The summed E-state index contributed by atoms with van der Waals surface area (Å²) >= 11 is 0. The molecule has 19 heavy (non-hydrogen) atoms. The van der Waals surface area contributed by atoms with Crippen molar-refractivity contribution >= 4 is 0 Å². The molecule has 1 heterocycles. The van der Waals surface area contributed by atoms with Gasteiger partial charge in [0.25, 0.3) is 0 Å². The highest BCUT2D eigenvalue weighted by atomic mass is 16.5. The Morgan fingerprint density at radius 3 is 2.84 bits per heavy atom. The Morgan fingerprint density at radius 2 is 2.16 bits per heavy atom. The van der Waals surface area contributed by atoms with Crippen molar-refractivity contribution in [3.63, 3.8) is 0 Å². The van der Waals surface area contributed by atoms with E-state index in [1.165, 1.54) is 31.4 Å². The van der Waals surface area contributed by atoms with E-state index < -0.39 is 0 Å². The lowest BCUT2D eigenvalue weighted by atomic mass is 9.93. The smallest absolute Gasteiger partial charge is 0.119 e. The topological polar surface area (TPSA) is 24.5 Å². The zero-order valence-corrected chi connectivity index (χ0v) is 11.9. The average Bonchev–Trinajstić information content (AvgIpc) is 3.21. The Labute approximate surface area is 115 Å². The molecule has 0 aromatic heterocycles. The summed E-state index contributed by atoms with van der Waals surface area (Å²) in [7, 11) is 3.81. The maximum Gasteiger partial charge on any atom is 0.119 e. The average molecular weight is 260 g/mol. The van der Waals surface area contributed by atoms with Crippen molar-refractivity contribution in [2.24, 2.45) is 5.92 Å². The summed E-state index contributed by atoms with van der Waals surface area (Å²) in [6.45, 7) is 2.35. The van der Waals surface area contributed by atoms with Crippen LogP contribution < -0.4 is 10.1 Å². The van der Waals surface area contributed by atoms with Crippen LogP contribution in [0.3, 0.4) is 0 Å². The largest absolute Gasteiger partial charge is 0.497 e. The van der Waals surface area contributed by atoms with E-state index in [1.807, 2.05) is 6.07 Å². The first-order valence-corrected chi connectivity index (χ1v) is 7.37. The normalized spacial score (nSPS) is 27.7. The van der Waals surface area contributed by atoms with E-state index in [0.717, 1.165) is 24.3 Å². The molecule has 1 saturated heterocycles. The van der Waals surface area contributed by atoms with E-state index >= 15 is 0 Å². The number of hydrogen-bond acceptors (Lipinski definition) is 3. The minimum absolute atomic E-state index is 0.565. The maximum absolute atomic E-state index is 5.39. The number of rotatable bonds is 5. The van der Waals surface area contributed by atoms with Gasteiger partial charge in [-0.05, 0) is 63.0 Å². The van der Waals surface area contributed by atoms with Gasteiger partial charge in [0, 0.05) is 12.1 Å². The fraction of sp³-hybridized carbons (Fsp3) is 0.625. The van der Waals surface area contributed by atoms with Gasteiger partial charge >= 0.3 is 0 Å². The number of methoxy groups -OCH3 is 1.